The highest BCUT2D eigenvalue weighted by Crippen LogP contribution is 2.19. The number of nitrogens with zero attached hydrogens (tertiary/aromatic N) is 2. The Morgan fingerprint density at radius 3 is 2.87 bits per heavy atom. The van der Waals surface area contributed by atoms with Crippen molar-refractivity contribution in [3.8, 4) is 5.75 Å². The van der Waals surface area contributed by atoms with Crippen LogP contribution in [0.25, 0.3) is 16.7 Å². The normalized spacial score (nSPS) is 11.0. The third-order valence-electron chi connectivity index (χ3n) is 2.51. The lowest BCUT2D eigenvalue weighted by Gasteiger charge is -2.00. The van der Waals surface area contributed by atoms with Crippen LogP contribution in [0.2, 0.25) is 0 Å². The van der Waals surface area contributed by atoms with Crippen molar-refractivity contribution in [3.05, 3.63) is 42.6 Å². The molecule has 2 aromatic heterocycles. The van der Waals surface area contributed by atoms with E-state index in [-0.39, 0.29) is 0 Å². The topological polar surface area (TPSA) is 26.5 Å². The molecule has 74 valence electrons. The number of benzene rings is 1. The van der Waals surface area contributed by atoms with Gasteiger partial charge in [0.15, 0.2) is 0 Å². The molecule has 0 fully saturated rings. The molecule has 0 saturated carbocycles. The fraction of sp³-hybridized carbons (Fsp3) is 0.0833. The summed E-state index contributed by atoms with van der Waals surface area (Å²) in [7, 11) is 1.67. The minimum Gasteiger partial charge on any atom is -0.495 e. The van der Waals surface area contributed by atoms with Crippen molar-refractivity contribution in [1.82, 2.24) is 9.38 Å². The Hall–Kier alpha value is -2.03. The summed E-state index contributed by atoms with van der Waals surface area (Å²) in [6, 6.07) is 11.9. The smallest absolute Gasteiger partial charge is 0.138 e. The lowest BCUT2D eigenvalue weighted by atomic mass is 10.3. The van der Waals surface area contributed by atoms with Gasteiger partial charge < -0.3 is 4.74 Å². The first kappa shape index (κ1) is 8.29. The average Bonchev–Trinajstić information content (AvgIpc) is 2.66. The summed E-state index contributed by atoms with van der Waals surface area (Å²) in [6.07, 6.45) is 1.95. The fourth-order valence-corrected chi connectivity index (χ4v) is 1.76. The highest BCUT2D eigenvalue weighted by Gasteiger charge is 2.03. The van der Waals surface area contributed by atoms with Crippen molar-refractivity contribution in [3.63, 3.8) is 0 Å². The van der Waals surface area contributed by atoms with Crippen LogP contribution in [0.1, 0.15) is 0 Å². The molecular formula is C12H10N2O. The number of hydrogen-bond acceptors (Lipinski definition) is 2. The van der Waals surface area contributed by atoms with Crippen LogP contribution in [-0.4, -0.2) is 16.5 Å². The van der Waals surface area contributed by atoms with Crippen molar-refractivity contribution < 1.29 is 4.74 Å². The molecule has 0 N–H and O–H groups in total. The zero-order valence-electron chi connectivity index (χ0n) is 8.34. The molecule has 15 heavy (non-hydrogen) atoms. The van der Waals surface area contributed by atoms with Crippen LogP contribution < -0.4 is 4.74 Å². The summed E-state index contributed by atoms with van der Waals surface area (Å²) in [5.41, 5.74) is 3.05. The first-order valence-corrected chi connectivity index (χ1v) is 4.79. The third-order valence-corrected chi connectivity index (χ3v) is 2.51. The number of ether oxygens (including phenoxy) is 1. The minimum absolute atomic E-state index is 0.839. The molecule has 3 aromatic rings. The molecule has 0 aliphatic rings. The van der Waals surface area contributed by atoms with E-state index in [1.165, 1.54) is 0 Å². The summed E-state index contributed by atoms with van der Waals surface area (Å²) >= 11 is 0. The largest absolute Gasteiger partial charge is 0.495 e. The molecule has 3 nitrogen and oxygen atoms in total. The molecule has 0 aliphatic carbocycles. The van der Waals surface area contributed by atoms with Gasteiger partial charge in [0.05, 0.1) is 24.3 Å². The van der Waals surface area contributed by atoms with Crippen molar-refractivity contribution in [2.45, 2.75) is 0 Å². The van der Waals surface area contributed by atoms with Crippen molar-refractivity contribution in [2.24, 2.45) is 0 Å². The summed E-state index contributed by atoms with van der Waals surface area (Å²) in [5, 5.41) is 0. The van der Waals surface area contributed by atoms with Crippen LogP contribution in [0, 0.1) is 0 Å². The maximum absolute atomic E-state index is 5.19. The van der Waals surface area contributed by atoms with E-state index in [1.54, 1.807) is 7.11 Å². The Balaban J connectivity index is 2.46. The number of imidazole rings is 1. The van der Waals surface area contributed by atoms with E-state index >= 15 is 0 Å². The lowest BCUT2D eigenvalue weighted by molar-refractivity contribution is 0.412. The molecule has 0 atom stereocenters. The Morgan fingerprint density at radius 1 is 1.13 bits per heavy atom. The van der Waals surface area contributed by atoms with Crippen LogP contribution >= 0.6 is 0 Å². The Bertz CT molecular complexity index is 628. The Labute approximate surface area is 86.9 Å². The van der Waals surface area contributed by atoms with Crippen molar-refractivity contribution in [1.29, 1.82) is 0 Å². The molecule has 3 heteroatoms. The summed E-state index contributed by atoms with van der Waals surface area (Å²) < 4.78 is 7.23. The number of rotatable bonds is 1. The SMILES string of the molecule is COc1ccc2nc3ccccc3n2c1. The Kier molecular flexibility index (Phi) is 1.65. The third kappa shape index (κ3) is 1.16. The molecule has 0 amide bonds. The van der Waals surface area contributed by atoms with Crippen LogP contribution in [0.4, 0.5) is 0 Å². The van der Waals surface area contributed by atoms with Gasteiger partial charge in [-0.05, 0) is 24.3 Å². The minimum atomic E-state index is 0.839. The predicted octanol–water partition coefficient (Wildman–Crippen LogP) is 2.50. The zero-order valence-corrected chi connectivity index (χ0v) is 8.34. The van der Waals surface area contributed by atoms with Crippen LogP contribution in [0.15, 0.2) is 42.6 Å². The first-order valence-electron chi connectivity index (χ1n) is 4.79. The quantitative estimate of drug-likeness (QED) is 0.600. The second-order valence-electron chi connectivity index (χ2n) is 3.40. The second kappa shape index (κ2) is 2.98. The number of para-hydroxylation sites is 2. The van der Waals surface area contributed by atoms with Gasteiger partial charge >= 0.3 is 0 Å². The van der Waals surface area contributed by atoms with Gasteiger partial charge in [0.25, 0.3) is 0 Å². The number of methoxy groups -OCH3 is 1. The van der Waals surface area contributed by atoms with E-state index in [9.17, 15) is 0 Å². The highest BCUT2D eigenvalue weighted by atomic mass is 16.5. The number of pyridine rings is 1. The highest BCUT2D eigenvalue weighted by molar-refractivity contribution is 5.80. The number of fused-ring (bicyclic) bond motifs is 3. The van der Waals surface area contributed by atoms with Gasteiger partial charge in [-0.1, -0.05) is 12.1 Å². The van der Waals surface area contributed by atoms with Crippen LogP contribution in [0.5, 0.6) is 5.75 Å². The lowest BCUT2D eigenvalue weighted by Crippen LogP contribution is -1.88. The number of hydrogen-bond donors (Lipinski definition) is 0. The van der Waals surface area contributed by atoms with E-state index in [2.05, 4.69) is 11.1 Å². The van der Waals surface area contributed by atoms with Gasteiger partial charge in [-0.3, -0.25) is 4.40 Å². The average molecular weight is 198 g/mol. The monoisotopic (exact) mass is 198 g/mol. The van der Waals surface area contributed by atoms with E-state index in [0.717, 1.165) is 22.4 Å². The zero-order chi connectivity index (χ0) is 10.3. The summed E-state index contributed by atoms with van der Waals surface area (Å²) in [5.74, 6) is 0.839. The van der Waals surface area contributed by atoms with Gasteiger partial charge in [0, 0.05) is 0 Å². The van der Waals surface area contributed by atoms with Gasteiger partial charge in [0.1, 0.15) is 11.4 Å². The molecule has 1 aromatic carbocycles. The molecule has 0 aliphatic heterocycles. The molecule has 0 spiro atoms. The first-order chi connectivity index (χ1) is 7.38. The van der Waals surface area contributed by atoms with Gasteiger partial charge in [-0.25, -0.2) is 4.98 Å². The number of aromatic nitrogens is 2. The van der Waals surface area contributed by atoms with E-state index < -0.39 is 0 Å². The van der Waals surface area contributed by atoms with E-state index in [0.29, 0.717) is 0 Å². The maximum Gasteiger partial charge on any atom is 0.138 e. The molecule has 0 saturated heterocycles. The predicted molar refractivity (Wildman–Crippen MR) is 59.3 cm³/mol. The summed E-state index contributed by atoms with van der Waals surface area (Å²) in [6.45, 7) is 0. The molecule has 0 unspecified atom stereocenters. The molecule has 3 rings (SSSR count). The second-order valence-corrected chi connectivity index (χ2v) is 3.40. The van der Waals surface area contributed by atoms with Gasteiger partial charge in [-0.2, -0.15) is 0 Å². The van der Waals surface area contributed by atoms with Crippen LogP contribution in [0.3, 0.4) is 0 Å². The van der Waals surface area contributed by atoms with E-state index in [4.69, 9.17) is 4.74 Å². The van der Waals surface area contributed by atoms with E-state index in [1.807, 2.05) is 40.9 Å². The Morgan fingerprint density at radius 2 is 2.00 bits per heavy atom. The molecule has 0 radical (unpaired) electrons. The molecule has 0 bridgehead atoms. The summed E-state index contributed by atoms with van der Waals surface area (Å²) in [4.78, 5) is 4.50. The van der Waals surface area contributed by atoms with Gasteiger partial charge in [0.2, 0.25) is 0 Å². The van der Waals surface area contributed by atoms with Crippen LogP contribution in [-0.2, 0) is 0 Å². The van der Waals surface area contributed by atoms with Crippen molar-refractivity contribution in [2.75, 3.05) is 7.11 Å². The molecule has 2 heterocycles. The van der Waals surface area contributed by atoms with Crippen molar-refractivity contribution >= 4 is 16.7 Å². The fourth-order valence-electron chi connectivity index (χ4n) is 1.76. The standard InChI is InChI=1S/C12H10N2O/c1-15-9-6-7-12-13-10-4-2-3-5-11(10)14(12)8-9/h2-8H,1H3. The maximum atomic E-state index is 5.19. The molecular weight excluding hydrogens is 188 g/mol. The van der Waals surface area contributed by atoms with Gasteiger partial charge in [-0.15, -0.1) is 0 Å².